The van der Waals surface area contributed by atoms with Gasteiger partial charge in [-0.1, -0.05) is 24.3 Å². The van der Waals surface area contributed by atoms with Crippen molar-refractivity contribution in [2.45, 2.75) is 11.1 Å². The summed E-state index contributed by atoms with van der Waals surface area (Å²) < 4.78 is 71.2. The van der Waals surface area contributed by atoms with Crippen LogP contribution in [0, 0.1) is 0 Å². The topological polar surface area (TPSA) is 81.5 Å². The van der Waals surface area contributed by atoms with Gasteiger partial charge in [-0.15, -0.1) is 11.3 Å². The summed E-state index contributed by atoms with van der Waals surface area (Å²) in [5, 5.41) is 5.50. The number of ether oxygens (including phenoxy) is 1. The molecule has 2 heterocycles. The van der Waals surface area contributed by atoms with E-state index in [1.165, 1.54) is 54.6 Å². The number of hydrogen-bond donors (Lipinski definition) is 0. The van der Waals surface area contributed by atoms with Gasteiger partial charge in [0.15, 0.2) is 21.3 Å². The molecule has 4 aromatic rings. The number of para-hydroxylation sites is 2. The van der Waals surface area contributed by atoms with E-state index in [1.807, 2.05) is 0 Å². The first kappa shape index (κ1) is 25.5. The Bertz CT molecular complexity index is 1540. The number of sulfone groups is 1. The summed E-state index contributed by atoms with van der Waals surface area (Å²) in [7, 11) is -0.468. The van der Waals surface area contributed by atoms with Crippen molar-refractivity contribution in [3.05, 3.63) is 71.7 Å². The van der Waals surface area contributed by atoms with E-state index in [4.69, 9.17) is 4.74 Å². The van der Waals surface area contributed by atoms with Crippen molar-refractivity contribution in [2.75, 3.05) is 20.4 Å². The smallest absolute Gasteiger partial charge is 0.408 e. The Labute approximate surface area is 209 Å². The van der Waals surface area contributed by atoms with Gasteiger partial charge in [0.2, 0.25) is 0 Å². The van der Waals surface area contributed by atoms with Crippen LogP contribution >= 0.6 is 11.3 Å². The molecule has 0 bridgehead atoms. The van der Waals surface area contributed by atoms with Gasteiger partial charge in [-0.25, -0.2) is 17.9 Å². The molecule has 0 aliphatic heterocycles. The van der Waals surface area contributed by atoms with Crippen molar-refractivity contribution in [1.29, 1.82) is 0 Å². The summed E-state index contributed by atoms with van der Waals surface area (Å²) in [6, 6.07) is 15.0. The number of amides is 1. The molecule has 12 heteroatoms. The van der Waals surface area contributed by atoms with Crippen LogP contribution in [0.3, 0.4) is 0 Å². The molecule has 0 radical (unpaired) electrons. The first-order valence-corrected chi connectivity index (χ1v) is 13.2. The van der Waals surface area contributed by atoms with E-state index < -0.39 is 27.8 Å². The monoisotopic (exact) mass is 535 g/mol. The number of carbonyl (C=O) groups excluding carboxylic acids is 1. The van der Waals surface area contributed by atoms with E-state index in [9.17, 15) is 26.4 Å². The van der Waals surface area contributed by atoms with Gasteiger partial charge in [-0.2, -0.15) is 18.3 Å². The summed E-state index contributed by atoms with van der Waals surface area (Å²) in [5.41, 5.74) is 0.399. The van der Waals surface area contributed by atoms with E-state index in [-0.39, 0.29) is 22.0 Å². The normalized spacial score (nSPS) is 11.9. The summed E-state index contributed by atoms with van der Waals surface area (Å²) >= 11 is 1.17. The lowest BCUT2D eigenvalue weighted by atomic mass is 10.1. The molecule has 7 nitrogen and oxygen atoms in total. The molecule has 0 aliphatic rings. The third-order valence-electron chi connectivity index (χ3n) is 5.10. The molecule has 2 aromatic carbocycles. The molecule has 0 aliphatic carbocycles. The maximum Gasteiger partial charge on any atom is 0.435 e. The zero-order valence-corrected chi connectivity index (χ0v) is 20.9. The number of nitrogens with zero attached hydrogens (tertiary/aromatic N) is 3. The zero-order chi connectivity index (χ0) is 26.3. The van der Waals surface area contributed by atoms with Gasteiger partial charge in [0.05, 0.1) is 15.5 Å². The third kappa shape index (κ3) is 5.29. The molecule has 0 saturated heterocycles. The van der Waals surface area contributed by atoms with Crippen LogP contribution in [0.1, 0.15) is 5.69 Å². The van der Waals surface area contributed by atoms with Gasteiger partial charge in [0.1, 0.15) is 5.69 Å². The fraction of sp³-hybridized carbons (Fsp3) is 0.167. The number of carbonyl (C=O) groups is 1. The number of rotatable bonds is 5. The largest absolute Gasteiger partial charge is 0.435 e. The second kappa shape index (κ2) is 9.43. The predicted molar refractivity (Wildman–Crippen MR) is 130 cm³/mol. The quantitative estimate of drug-likeness (QED) is 0.325. The van der Waals surface area contributed by atoms with E-state index >= 15 is 0 Å². The Kier molecular flexibility index (Phi) is 6.67. The lowest BCUT2D eigenvalue weighted by Crippen LogP contribution is -2.25. The lowest BCUT2D eigenvalue weighted by molar-refractivity contribution is -0.141. The molecule has 0 saturated carbocycles. The number of alkyl halides is 3. The summed E-state index contributed by atoms with van der Waals surface area (Å²) in [6.45, 7) is 0. The maximum absolute atomic E-state index is 13.6. The van der Waals surface area contributed by atoms with Gasteiger partial charge in [0, 0.05) is 20.4 Å². The summed E-state index contributed by atoms with van der Waals surface area (Å²) in [5.74, 6) is 0.0342. The van der Waals surface area contributed by atoms with Crippen LogP contribution in [0.15, 0.2) is 70.9 Å². The molecule has 2 aromatic heterocycles. The SMILES string of the molecule is CN(C)C(=O)Oc1ccccc1-n1nc(C(F)(F)F)cc1-c1cc(-c2cccc(S(C)(=O)=O)c2)cs1. The van der Waals surface area contributed by atoms with Crippen molar-refractivity contribution in [2.24, 2.45) is 0 Å². The maximum atomic E-state index is 13.6. The minimum absolute atomic E-state index is 0.0342. The molecule has 0 fully saturated rings. The van der Waals surface area contributed by atoms with Crippen LogP contribution in [-0.2, 0) is 16.0 Å². The molecule has 0 atom stereocenters. The van der Waals surface area contributed by atoms with Gasteiger partial charge < -0.3 is 9.64 Å². The number of hydrogen-bond acceptors (Lipinski definition) is 6. The Hall–Kier alpha value is -3.64. The zero-order valence-electron chi connectivity index (χ0n) is 19.3. The average molecular weight is 536 g/mol. The van der Waals surface area contributed by atoms with E-state index in [2.05, 4.69) is 5.10 Å². The summed E-state index contributed by atoms with van der Waals surface area (Å²) in [4.78, 5) is 13.9. The number of halogens is 3. The first-order valence-electron chi connectivity index (χ1n) is 10.4. The highest BCUT2D eigenvalue weighted by molar-refractivity contribution is 7.90. The standard InChI is InChI=1S/C24H20F3N3O4S2/c1-29(2)23(31)34-20-10-5-4-9-18(20)30-19(13-22(28-30)24(25,26)27)21-12-16(14-35-21)15-7-6-8-17(11-15)36(3,32)33/h4-14H,1-3H3. The molecule has 188 valence electrons. The average Bonchev–Trinajstić information content (AvgIpc) is 3.46. The Morgan fingerprint density at radius 2 is 1.75 bits per heavy atom. The molecule has 1 amide bonds. The molecular weight excluding hydrogens is 515 g/mol. The highest BCUT2D eigenvalue weighted by Gasteiger charge is 2.36. The number of thiophene rings is 1. The lowest BCUT2D eigenvalue weighted by Gasteiger charge is -2.15. The van der Waals surface area contributed by atoms with Crippen molar-refractivity contribution in [1.82, 2.24) is 14.7 Å². The van der Waals surface area contributed by atoms with Crippen molar-refractivity contribution in [3.8, 4) is 33.1 Å². The fourth-order valence-electron chi connectivity index (χ4n) is 3.31. The van der Waals surface area contributed by atoms with Crippen LogP contribution in [0.5, 0.6) is 5.75 Å². The second-order valence-electron chi connectivity index (χ2n) is 8.05. The van der Waals surface area contributed by atoms with E-state index in [0.717, 1.165) is 17.0 Å². The van der Waals surface area contributed by atoms with Crippen molar-refractivity contribution in [3.63, 3.8) is 0 Å². The van der Waals surface area contributed by atoms with Crippen LogP contribution in [0.25, 0.3) is 27.4 Å². The molecule has 4 rings (SSSR count). The van der Waals surface area contributed by atoms with Crippen LogP contribution < -0.4 is 4.74 Å². The minimum atomic E-state index is -4.71. The number of aromatic nitrogens is 2. The highest BCUT2D eigenvalue weighted by atomic mass is 32.2. The van der Waals surface area contributed by atoms with Crippen molar-refractivity contribution >= 4 is 27.3 Å². The minimum Gasteiger partial charge on any atom is -0.408 e. The predicted octanol–water partition coefficient (Wildman–Crippen LogP) is 5.75. The summed E-state index contributed by atoms with van der Waals surface area (Å²) in [6.07, 6.45) is -4.31. The van der Waals surface area contributed by atoms with E-state index in [1.54, 1.807) is 35.7 Å². The first-order chi connectivity index (χ1) is 16.8. The molecule has 0 unspecified atom stereocenters. The molecule has 36 heavy (non-hydrogen) atoms. The fourth-order valence-corrected chi connectivity index (χ4v) is 4.90. The Morgan fingerprint density at radius 3 is 2.42 bits per heavy atom. The number of benzene rings is 2. The van der Waals surface area contributed by atoms with Gasteiger partial charge in [-0.3, -0.25) is 0 Å². The molecule has 0 spiro atoms. The third-order valence-corrected chi connectivity index (χ3v) is 7.17. The molecule has 0 N–H and O–H groups in total. The van der Waals surface area contributed by atoms with Crippen LogP contribution in [0.4, 0.5) is 18.0 Å². The van der Waals surface area contributed by atoms with Gasteiger partial charge in [-0.05, 0) is 52.9 Å². The molecular formula is C24H20F3N3O4S2. The van der Waals surface area contributed by atoms with E-state index in [0.29, 0.717) is 16.0 Å². The van der Waals surface area contributed by atoms with Crippen LogP contribution in [-0.4, -0.2) is 49.5 Å². The Morgan fingerprint density at radius 1 is 1.03 bits per heavy atom. The van der Waals surface area contributed by atoms with Gasteiger partial charge in [0.25, 0.3) is 0 Å². The van der Waals surface area contributed by atoms with Gasteiger partial charge >= 0.3 is 12.3 Å². The Balaban J connectivity index is 1.84. The highest BCUT2D eigenvalue weighted by Crippen LogP contribution is 2.39. The van der Waals surface area contributed by atoms with Crippen LogP contribution in [0.2, 0.25) is 0 Å². The second-order valence-corrected chi connectivity index (χ2v) is 11.0. The van der Waals surface area contributed by atoms with Crippen molar-refractivity contribution < 1.29 is 31.1 Å².